The van der Waals surface area contributed by atoms with Gasteiger partial charge in [-0.3, -0.25) is 0 Å². The van der Waals surface area contributed by atoms with Crippen molar-refractivity contribution in [1.29, 1.82) is 0 Å². The number of halogens is 1. The fraction of sp³-hybridized carbons (Fsp3) is 0.0909. The standard InChI is InChI=1S/C11H8BrN3OS2/c1-5-2-8(13)18-9(5)11-14-10(15-16-11)7-3-6(12)4-17-7/h2-4H,13H2,1H3. The number of anilines is 1. The summed E-state index contributed by atoms with van der Waals surface area (Å²) >= 11 is 6.43. The van der Waals surface area contributed by atoms with Crippen LogP contribution in [0.5, 0.6) is 0 Å². The summed E-state index contributed by atoms with van der Waals surface area (Å²) < 4.78 is 6.31. The molecule has 18 heavy (non-hydrogen) atoms. The van der Waals surface area contributed by atoms with Crippen LogP contribution >= 0.6 is 38.6 Å². The fourth-order valence-electron chi connectivity index (χ4n) is 1.57. The van der Waals surface area contributed by atoms with Gasteiger partial charge >= 0.3 is 0 Å². The Balaban J connectivity index is 2.01. The van der Waals surface area contributed by atoms with Crippen LogP contribution in [0.2, 0.25) is 0 Å². The summed E-state index contributed by atoms with van der Waals surface area (Å²) in [7, 11) is 0. The third-order valence-corrected chi connectivity index (χ3v) is 5.09. The minimum absolute atomic E-state index is 0.522. The van der Waals surface area contributed by atoms with Gasteiger partial charge in [-0.1, -0.05) is 5.16 Å². The number of nitrogens with two attached hydrogens (primary N) is 1. The molecule has 0 atom stereocenters. The Kier molecular flexibility index (Phi) is 2.96. The summed E-state index contributed by atoms with van der Waals surface area (Å²) in [5.74, 6) is 1.13. The molecule has 0 saturated heterocycles. The fourth-order valence-corrected chi connectivity index (χ4v) is 3.78. The number of aryl methyl sites for hydroxylation is 1. The summed E-state index contributed by atoms with van der Waals surface area (Å²) in [5.41, 5.74) is 6.82. The number of nitrogens with zero attached hydrogens (tertiary/aromatic N) is 2. The second-order valence-corrected chi connectivity index (χ2v) is 6.62. The third kappa shape index (κ3) is 2.09. The Morgan fingerprint density at radius 2 is 2.22 bits per heavy atom. The van der Waals surface area contributed by atoms with Crippen LogP contribution in [-0.2, 0) is 0 Å². The highest BCUT2D eigenvalue weighted by molar-refractivity contribution is 9.10. The average molecular weight is 342 g/mol. The normalized spacial score (nSPS) is 11.0. The lowest BCUT2D eigenvalue weighted by Gasteiger charge is -1.88. The summed E-state index contributed by atoms with van der Waals surface area (Å²) in [4.78, 5) is 6.31. The van der Waals surface area contributed by atoms with Crippen molar-refractivity contribution in [2.24, 2.45) is 0 Å². The summed E-state index contributed by atoms with van der Waals surface area (Å²) in [6.07, 6.45) is 0. The maximum atomic E-state index is 5.76. The molecule has 3 rings (SSSR count). The van der Waals surface area contributed by atoms with Crippen molar-refractivity contribution in [3.8, 4) is 21.5 Å². The van der Waals surface area contributed by atoms with E-state index in [0.717, 1.165) is 24.8 Å². The zero-order chi connectivity index (χ0) is 12.7. The van der Waals surface area contributed by atoms with Crippen molar-refractivity contribution in [2.45, 2.75) is 6.92 Å². The Morgan fingerprint density at radius 3 is 2.83 bits per heavy atom. The Hall–Kier alpha value is -1.18. The molecular formula is C11H8BrN3OS2. The SMILES string of the molecule is Cc1cc(N)sc1-c1nc(-c2cc(Br)cs2)no1. The zero-order valence-electron chi connectivity index (χ0n) is 9.31. The molecule has 92 valence electrons. The van der Waals surface area contributed by atoms with Crippen LogP contribution in [0.15, 0.2) is 26.5 Å². The highest BCUT2D eigenvalue weighted by Crippen LogP contribution is 2.35. The van der Waals surface area contributed by atoms with E-state index < -0.39 is 0 Å². The number of nitrogen functional groups attached to an aromatic ring is 1. The van der Waals surface area contributed by atoms with Crippen molar-refractivity contribution < 1.29 is 4.52 Å². The molecule has 3 aromatic rings. The summed E-state index contributed by atoms with van der Waals surface area (Å²) in [5, 5.41) is 6.73. The van der Waals surface area contributed by atoms with Crippen LogP contribution < -0.4 is 5.73 Å². The Bertz CT molecular complexity index is 701. The number of hydrogen-bond donors (Lipinski definition) is 1. The van der Waals surface area contributed by atoms with Gasteiger partial charge in [0, 0.05) is 9.85 Å². The first-order valence-electron chi connectivity index (χ1n) is 5.08. The smallest absolute Gasteiger partial charge is 0.268 e. The van der Waals surface area contributed by atoms with E-state index in [0.29, 0.717) is 11.7 Å². The van der Waals surface area contributed by atoms with Gasteiger partial charge in [0.05, 0.1) is 14.8 Å². The van der Waals surface area contributed by atoms with Crippen LogP contribution in [0, 0.1) is 6.92 Å². The van der Waals surface area contributed by atoms with Crippen LogP contribution in [0.4, 0.5) is 5.00 Å². The summed E-state index contributed by atoms with van der Waals surface area (Å²) in [6, 6.07) is 3.88. The predicted molar refractivity (Wildman–Crippen MR) is 77.8 cm³/mol. The van der Waals surface area contributed by atoms with Gasteiger partial charge in [-0.2, -0.15) is 4.98 Å². The molecule has 3 heterocycles. The van der Waals surface area contributed by atoms with E-state index in [1.54, 1.807) is 11.3 Å². The molecule has 0 amide bonds. The molecule has 0 aliphatic carbocycles. The van der Waals surface area contributed by atoms with Gasteiger partial charge in [-0.15, -0.1) is 22.7 Å². The number of rotatable bonds is 2. The average Bonchev–Trinajstić information content (AvgIpc) is 2.98. The minimum Gasteiger partial charge on any atom is -0.391 e. The minimum atomic E-state index is 0.522. The van der Waals surface area contributed by atoms with Crippen LogP contribution in [0.3, 0.4) is 0 Å². The topological polar surface area (TPSA) is 64.9 Å². The number of hydrogen-bond acceptors (Lipinski definition) is 6. The second-order valence-electron chi connectivity index (χ2n) is 3.71. The van der Waals surface area contributed by atoms with Crippen molar-refractivity contribution in [1.82, 2.24) is 10.1 Å². The van der Waals surface area contributed by atoms with Crippen LogP contribution in [0.25, 0.3) is 21.5 Å². The molecule has 4 nitrogen and oxygen atoms in total. The van der Waals surface area contributed by atoms with Crippen LogP contribution in [0.1, 0.15) is 5.56 Å². The maximum absolute atomic E-state index is 5.76. The Labute approximate surface area is 120 Å². The van der Waals surface area contributed by atoms with Crippen molar-refractivity contribution in [3.05, 3.63) is 27.5 Å². The van der Waals surface area contributed by atoms with Gasteiger partial charge < -0.3 is 10.3 Å². The van der Waals surface area contributed by atoms with Crippen molar-refractivity contribution >= 4 is 43.6 Å². The molecule has 0 aliphatic rings. The maximum Gasteiger partial charge on any atom is 0.268 e. The van der Waals surface area contributed by atoms with Gasteiger partial charge in [0.1, 0.15) is 0 Å². The van der Waals surface area contributed by atoms with E-state index in [9.17, 15) is 0 Å². The van der Waals surface area contributed by atoms with E-state index in [1.807, 2.05) is 24.4 Å². The molecule has 0 fully saturated rings. The van der Waals surface area contributed by atoms with Crippen molar-refractivity contribution in [3.63, 3.8) is 0 Å². The molecule has 2 N–H and O–H groups in total. The van der Waals surface area contributed by atoms with E-state index >= 15 is 0 Å². The first-order chi connectivity index (χ1) is 8.63. The molecule has 0 saturated carbocycles. The zero-order valence-corrected chi connectivity index (χ0v) is 12.5. The molecule has 0 spiro atoms. The first-order valence-corrected chi connectivity index (χ1v) is 7.57. The lowest BCUT2D eigenvalue weighted by atomic mass is 10.3. The predicted octanol–water partition coefficient (Wildman–Crippen LogP) is 4.18. The highest BCUT2D eigenvalue weighted by atomic mass is 79.9. The van der Waals surface area contributed by atoms with Gasteiger partial charge in [-0.05, 0) is 40.5 Å². The second kappa shape index (κ2) is 4.49. The van der Waals surface area contributed by atoms with Gasteiger partial charge in [-0.25, -0.2) is 0 Å². The molecule has 7 heteroatoms. The van der Waals surface area contributed by atoms with E-state index in [1.165, 1.54) is 11.3 Å². The monoisotopic (exact) mass is 341 g/mol. The molecule has 0 aliphatic heterocycles. The molecule has 0 bridgehead atoms. The Morgan fingerprint density at radius 1 is 1.39 bits per heavy atom. The molecule has 3 aromatic heterocycles. The highest BCUT2D eigenvalue weighted by Gasteiger charge is 2.15. The molecule has 0 aromatic carbocycles. The van der Waals surface area contributed by atoms with E-state index in [4.69, 9.17) is 10.3 Å². The lowest BCUT2D eigenvalue weighted by Crippen LogP contribution is -1.76. The first kappa shape index (κ1) is 11.9. The van der Waals surface area contributed by atoms with Crippen molar-refractivity contribution in [2.75, 3.05) is 5.73 Å². The lowest BCUT2D eigenvalue weighted by molar-refractivity contribution is 0.433. The molecule has 0 unspecified atom stereocenters. The number of aromatic nitrogens is 2. The summed E-state index contributed by atoms with van der Waals surface area (Å²) in [6.45, 7) is 1.98. The molecule has 0 radical (unpaired) electrons. The van der Waals surface area contributed by atoms with Crippen LogP contribution in [-0.4, -0.2) is 10.1 Å². The third-order valence-electron chi connectivity index (χ3n) is 2.34. The van der Waals surface area contributed by atoms with Gasteiger partial charge in [0.15, 0.2) is 0 Å². The quantitative estimate of drug-likeness (QED) is 0.759. The van der Waals surface area contributed by atoms with E-state index in [2.05, 4.69) is 26.1 Å². The largest absolute Gasteiger partial charge is 0.391 e. The van der Waals surface area contributed by atoms with Gasteiger partial charge in [0.2, 0.25) is 5.82 Å². The molecular weight excluding hydrogens is 334 g/mol. The van der Waals surface area contributed by atoms with E-state index in [-0.39, 0.29) is 0 Å². The van der Waals surface area contributed by atoms with Gasteiger partial charge in [0.25, 0.3) is 5.89 Å². The number of thiophene rings is 2.